The highest BCUT2D eigenvalue weighted by molar-refractivity contribution is 7.92. The summed E-state index contributed by atoms with van der Waals surface area (Å²) in [5.74, 6) is -1.18. The molecule has 2 rings (SSSR count). The molecule has 2 amide bonds. The van der Waals surface area contributed by atoms with E-state index in [9.17, 15) is 31.2 Å². The standard InChI is InChI=1S/C25H31ClF3N3O4S/c1-5-17(3)30-24(34)21(6-2)31(15-18-10-8-7-9-11-18)23(33)16-32(37(4,35)36)22-14-19(25(27,28)29)12-13-20(22)26/h7-14,17,21H,5-6,15-16H2,1-4H3,(H,30,34)/t17-,21-/m1/s1. The van der Waals surface area contributed by atoms with Gasteiger partial charge >= 0.3 is 6.18 Å². The molecule has 37 heavy (non-hydrogen) atoms. The zero-order chi connectivity index (χ0) is 28.0. The van der Waals surface area contributed by atoms with E-state index < -0.39 is 51.9 Å². The zero-order valence-electron chi connectivity index (χ0n) is 21.0. The van der Waals surface area contributed by atoms with Gasteiger partial charge in [0.2, 0.25) is 21.8 Å². The maximum atomic E-state index is 13.6. The van der Waals surface area contributed by atoms with Crippen molar-refractivity contribution < 1.29 is 31.2 Å². The predicted molar refractivity (Wildman–Crippen MR) is 138 cm³/mol. The Bertz CT molecular complexity index is 1190. The molecular formula is C25H31ClF3N3O4S. The number of benzene rings is 2. The van der Waals surface area contributed by atoms with Crippen LogP contribution in [0.5, 0.6) is 0 Å². The normalized spacial score (nSPS) is 13.5. The van der Waals surface area contributed by atoms with Crippen molar-refractivity contribution in [2.75, 3.05) is 17.1 Å². The summed E-state index contributed by atoms with van der Waals surface area (Å²) in [4.78, 5) is 27.9. The summed E-state index contributed by atoms with van der Waals surface area (Å²) in [6.45, 7) is 4.56. The van der Waals surface area contributed by atoms with Gasteiger partial charge in [0, 0.05) is 12.6 Å². The predicted octanol–water partition coefficient (Wildman–Crippen LogP) is 4.85. The van der Waals surface area contributed by atoms with Gasteiger partial charge in [-0.05, 0) is 43.5 Å². The molecular weight excluding hydrogens is 531 g/mol. The summed E-state index contributed by atoms with van der Waals surface area (Å²) >= 11 is 6.09. The molecule has 0 aliphatic carbocycles. The van der Waals surface area contributed by atoms with Crippen molar-refractivity contribution >= 4 is 39.1 Å². The Morgan fingerprint density at radius 3 is 2.19 bits per heavy atom. The van der Waals surface area contributed by atoms with Crippen LogP contribution in [0.1, 0.15) is 44.7 Å². The Hall–Kier alpha value is -2.79. The highest BCUT2D eigenvalue weighted by Crippen LogP contribution is 2.36. The van der Waals surface area contributed by atoms with Crippen molar-refractivity contribution in [1.29, 1.82) is 0 Å². The molecule has 0 saturated carbocycles. The Morgan fingerprint density at radius 1 is 1.05 bits per heavy atom. The molecule has 0 fully saturated rings. The second kappa shape index (κ2) is 12.6. The lowest BCUT2D eigenvalue weighted by Crippen LogP contribution is -2.53. The lowest BCUT2D eigenvalue weighted by molar-refractivity contribution is -0.140. The number of carbonyl (C=O) groups excluding carboxylic acids is 2. The van der Waals surface area contributed by atoms with Crippen LogP contribution in [0.25, 0.3) is 0 Å². The lowest BCUT2D eigenvalue weighted by Gasteiger charge is -2.33. The molecule has 204 valence electrons. The van der Waals surface area contributed by atoms with E-state index in [0.29, 0.717) is 22.4 Å². The number of amides is 2. The summed E-state index contributed by atoms with van der Waals surface area (Å²) in [6, 6.07) is 9.92. The zero-order valence-corrected chi connectivity index (χ0v) is 22.6. The summed E-state index contributed by atoms with van der Waals surface area (Å²) in [5, 5.41) is 2.56. The van der Waals surface area contributed by atoms with Gasteiger partial charge in [0.05, 0.1) is 22.5 Å². The van der Waals surface area contributed by atoms with E-state index in [1.807, 2.05) is 13.8 Å². The smallest absolute Gasteiger partial charge is 0.352 e. The van der Waals surface area contributed by atoms with E-state index in [2.05, 4.69) is 5.32 Å². The Kier molecular flexibility index (Phi) is 10.4. The molecule has 0 aliphatic heterocycles. The lowest BCUT2D eigenvalue weighted by atomic mass is 10.1. The molecule has 0 aromatic heterocycles. The fraction of sp³-hybridized carbons (Fsp3) is 0.440. The van der Waals surface area contributed by atoms with Crippen LogP contribution in [0, 0.1) is 0 Å². The minimum Gasteiger partial charge on any atom is -0.352 e. The van der Waals surface area contributed by atoms with Crippen molar-refractivity contribution in [2.45, 2.75) is 58.4 Å². The van der Waals surface area contributed by atoms with Crippen LogP contribution in [-0.4, -0.2) is 50.0 Å². The van der Waals surface area contributed by atoms with Crippen LogP contribution in [0.4, 0.5) is 18.9 Å². The summed E-state index contributed by atoms with van der Waals surface area (Å²) in [7, 11) is -4.25. The SMILES string of the molecule is CC[C@@H](C)NC(=O)[C@@H](CC)N(Cc1ccccc1)C(=O)CN(c1cc(C(F)(F)F)ccc1Cl)S(C)(=O)=O. The monoisotopic (exact) mass is 561 g/mol. The van der Waals surface area contributed by atoms with Crippen molar-refractivity contribution in [3.8, 4) is 0 Å². The third-order valence-corrected chi connectivity index (χ3v) is 7.25. The molecule has 0 heterocycles. The van der Waals surface area contributed by atoms with Gasteiger partial charge in [-0.15, -0.1) is 0 Å². The van der Waals surface area contributed by atoms with Gasteiger partial charge in [-0.2, -0.15) is 13.2 Å². The largest absolute Gasteiger partial charge is 0.416 e. The Morgan fingerprint density at radius 2 is 1.68 bits per heavy atom. The van der Waals surface area contributed by atoms with E-state index >= 15 is 0 Å². The summed E-state index contributed by atoms with van der Waals surface area (Å²) < 4.78 is 65.8. The van der Waals surface area contributed by atoms with E-state index in [1.54, 1.807) is 37.3 Å². The molecule has 2 aromatic rings. The minimum absolute atomic E-state index is 0.0139. The van der Waals surface area contributed by atoms with E-state index in [1.165, 1.54) is 4.90 Å². The molecule has 7 nitrogen and oxygen atoms in total. The first-order valence-electron chi connectivity index (χ1n) is 11.7. The molecule has 2 atom stereocenters. The van der Waals surface area contributed by atoms with Gasteiger partial charge in [0.1, 0.15) is 12.6 Å². The molecule has 1 N–H and O–H groups in total. The van der Waals surface area contributed by atoms with Gasteiger partial charge in [-0.1, -0.05) is 55.8 Å². The molecule has 0 saturated heterocycles. The number of anilines is 1. The average Bonchev–Trinajstić information content (AvgIpc) is 2.81. The Labute approximate surface area is 220 Å². The average molecular weight is 562 g/mol. The van der Waals surface area contributed by atoms with Crippen LogP contribution in [0.15, 0.2) is 48.5 Å². The second-order valence-electron chi connectivity index (χ2n) is 8.68. The van der Waals surface area contributed by atoms with Crippen LogP contribution in [0.3, 0.4) is 0 Å². The van der Waals surface area contributed by atoms with E-state index in [4.69, 9.17) is 11.6 Å². The van der Waals surface area contributed by atoms with Crippen LogP contribution >= 0.6 is 11.6 Å². The topological polar surface area (TPSA) is 86.8 Å². The first kappa shape index (κ1) is 30.4. The molecule has 12 heteroatoms. The Balaban J connectivity index is 2.52. The molecule has 0 bridgehead atoms. The molecule has 2 aromatic carbocycles. The van der Waals surface area contributed by atoms with Gasteiger partial charge in [0.15, 0.2) is 0 Å². The molecule has 0 aliphatic rings. The number of hydrogen-bond acceptors (Lipinski definition) is 4. The number of hydrogen-bond donors (Lipinski definition) is 1. The van der Waals surface area contributed by atoms with Crippen LogP contribution in [0.2, 0.25) is 5.02 Å². The van der Waals surface area contributed by atoms with Crippen molar-refractivity contribution in [3.05, 3.63) is 64.7 Å². The summed E-state index contributed by atoms with van der Waals surface area (Å²) in [5.41, 5.74) is -0.911. The minimum atomic E-state index is -4.76. The van der Waals surface area contributed by atoms with Crippen molar-refractivity contribution in [3.63, 3.8) is 0 Å². The van der Waals surface area contributed by atoms with E-state index in [0.717, 1.165) is 18.4 Å². The third-order valence-electron chi connectivity index (χ3n) is 5.80. The maximum absolute atomic E-state index is 13.6. The van der Waals surface area contributed by atoms with Gasteiger partial charge < -0.3 is 10.2 Å². The molecule has 0 unspecified atom stereocenters. The number of halogens is 4. The quantitative estimate of drug-likeness (QED) is 0.425. The molecule has 0 spiro atoms. The fourth-order valence-corrected chi connectivity index (χ4v) is 4.74. The summed E-state index contributed by atoms with van der Waals surface area (Å²) in [6.07, 6.45) is -3.10. The van der Waals surface area contributed by atoms with Gasteiger partial charge in [-0.25, -0.2) is 8.42 Å². The number of nitrogens with zero attached hydrogens (tertiary/aromatic N) is 2. The van der Waals surface area contributed by atoms with Gasteiger partial charge in [-0.3, -0.25) is 13.9 Å². The number of carbonyl (C=O) groups is 2. The first-order valence-corrected chi connectivity index (χ1v) is 13.9. The fourth-order valence-electron chi connectivity index (χ4n) is 3.62. The number of rotatable bonds is 11. The molecule has 0 radical (unpaired) electrons. The second-order valence-corrected chi connectivity index (χ2v) is 11.0. The number of sulfonamides is 1. The van der Waals surface area contributed by atoms with Gasteiger partial charge in [0.25, 0.3) is 0 Å². The maximum Gasteiger partial charge on any atom is 0.416 e. The number of nitrogens with one attached hydrogen (secondary N) is 1. The van der Waals surface area contributed by atoms with Crippen LogP contribution in [-0.2, 0) is 32.3 Å². The first-order chi connectivity index (χ1) is 17.2. The van der Waals surface area contributed by atoms with Crippen LogP contribution < -0.4 is 9.62 Å². The van der Waals surface area contributed by atoms with Crippen molar-refractivity contribution in [1.82, 2.24) is 10.2 Å². The highest BCUT2D eigenvalue weighted by Gasteiger charge is 2.35. The van der Waals surface area contributed by atoms with Crippen molar-refractivity contribution in [2.24, 2.45) is 0 Å². The number of alkyl halides is 3. The third kappa shape index (κ3) is 8.36. The van der Waals surface area contributed by atoms with E-state index in [-0.39, 0.29) is 24.0 Å². The highest BCUT2D eigenvalue weighted by atomic mass is 35.5.